The lowest BCUT2D eigenvalue weighted by Crippen LogP contribution is -2.45. The SMILES string of the molecule is CC(C)(C)OC(=O)N1CC2CC1C(n1nc(-c3ccc(C(=O)Nc4ccccn4)cc3F)c3c(N)ncnc31)C2.Cl. The molecule has 2 aliphatic rings. The third-order valence-electron chi connectivity index (χ3n) is 7.30. The monoisotopic (exact) mass is 580 g/mol. The van der Waals surface area contributed by atoms with Crippen LogP contribution in [0, 0.1) is 11.7 Å². The first kappa shape index (κ1) is 28.2. The van der Waals surface area contributed by atoms with Crippen LogP contribution in [0.4, 0.5) is 20.8 Å². The summed E-state index contributed by atoms with van der Waals surface area (Å²) in [7, 11) is 0. The molecule has 2 bridgehead atoms. The minimum absolute atomic E-state index is 0. The third-order valence-corrected chi connectivity index (χ3v) is 7.30. The van der Waals surface area contributed by atoms with E-state index in [-0.39, 0.29) is 59.1 Å². The average Bonchev–Trinajstić information content (AvgIpc) is 3.62. The second-order valence-electron chi connectivity index (χ2n) is 11.2. The van der Waals surface area contributed by atoms with E-state index in [1.807, 2.05) is 20.8 Å². The fraction of sp³-hybridized carbons (Fsp3) is 0.357. The summed E-state index contributed by atoms with van der Waals surface area (Å²) in [6.45, 7) is 6.14. The zero-order chi connectivity index (χ0) is 28.2. The van der Waals surface area contributed by atoms with E-state index in [0.717, 1.165) is 18.9 Å². The van der Waals surface area contributed by atoms with Crippen molar-refractivity contribution in [2.24, 2.45) is 5.92 Å². The van der Waals surface area contributed by atoms with Crippen LogP contribution in [0.2, 0.25) is 0 Å². The molecule has 1 aliphatic heterocycles. The van der Waals surface area contributed by atoms with Crippen molar-refractivity contribution in [3.05, 3.63) is 60.3 Å². The number of nitrogen functional groups attached to an aromatic ring is 1. The Morgan fingerprint density at radius 1 is 1.10 bits per heavy atom. The molecule has 13 heteroatoms. The molecule has 3 N–H and O–H groups in total. The van der Waals surface area contributed by atoms with E-state index in [4.69, 9.17) is 15.6 Å². The number of nitrogens with zero attached hydrogens (tertiary/aromatic N) is 6. The fourth-order valence-corrected chi connectivity index (χ4v) is 5.67. The number of hydrogen-bond acceptors (Lipinski definition) is 8. The van der Waals surface area contributed by atoms with Gasteiger partial charge < -0.3 is 20.7 Å². The van der Waals surface area contributed by atoms with E-state index < -0.39 is 17.3 Å². The number of likely N-dealkylation sites (tertiary alicyclic amines) is 1. The number of benzene rings is 1. The van der Waals surface area contributed by atoms with Crippen molar-refractivity contribution in [2.45, 2.75) is 51.3 Å². The zero-order valence-electron chi connectivity index (χ0n) is 22.7. The van der Waals surface area contributed by atoms with Crippen LogP contribution in [-0.4, -0.2) is 59.8 Å². The van der Waals surface area contributed by atoms with E-state index in [9.17, 15) is 9.59 Å². The van der Waals surface area contributed by atoms with Crippen molar-refractivity contribution in [1.82, 2.24) is 29.6 Å². The van der Waals surface area contributed by atoms with Crippen LogP contribution in [0.25, 0.3) is 22.3 Å². The van der Waals surface area contributed by atoms with Gasteiger partial charge in [0.05, 0.1) is 17.5 Å². The van der Waals surface area contributed by atoms with Crippen LogP contribution in [-0.2, 0) is 4.74 Å². The Morgan fingerprint density at radius 2 is 1.88 bits per heavy atom. The van der Waals surface area contributed by atoms with Crippen molar-refractivity contribution in [3.8, 4) is 11.3 Å². The summed E-state index contributed by atoms with van der Waals surface area (Å²) < 4.78 is 23.0. The normalized spacial score (nSPS) is 19.7. The molecule has 1 aliphatic carbocycles. The summed E-state index contributed by atoms with van der Waals surface area (Å²) in [6.07, 6.45) is 4.14. The number of carbonyl (C=O) groups is 2. The van der Waals surface area contributed by atoms with Gasteiger partial charge in [0.1, 0.15) is 35.1 Å². The highest BCUT2D eigenvalue weighted by Gasteiger charge is 2.50. The molecule has 41 heavy (non-hydrogen) atoms. The topological polar surface area (TPSA) is 141 Å². The van der Waals surface area contributed by atoms with E-state index in [2.05, 4.69) is 20.3 Å². The quantitative estimate of drug-likeness (QED) is 0.349. The Balaban J connectivity index is 0.00000337. The Labute approximate surface area is 241 Å². The minimum atomic E-state index is -0.646. The lowest BCUT2D eigenvalue weighted by atomic mass is 10.1. The van der Waals surface area contributed by atoms with Gasteiger partial charge in [-0.1, -0.05) is 6.07 Å². The second kappa shape index (κ2) is 10.6. The number of carbonyl (C=O) groups excluding carboxylic acids is 2. The number of piperidine rings is 1. The maximum Gasteiger partial charge on any atom is 0.410 e. The number of anilines is 2. The first-order chi connectivity index (χ1) is 19.1. The standard InChI is InChI=1S/C28H29FN8O3.ClH/c1-28(2,3)40-27(39)36-13-15-10-19(36)20(11-15)37-25-22(24(30)32-14-33-25)23(35-37)17-8-7-16(12-18(17)29)26(38)34-21-6-4-5-9-31-21;/h4-9,12,14-15,19-20H,10-11,13H2,1-3H3,(H2,30,32,33)(H,31,34,38);1H. The molecule has 11 nitrogen and oxygen atoms in total. The molecule has 2 amide bonds. The van der Waals surface area contributed by atoms with Crippen LogP contribution in [0.5, 0.6) is 0 Å². The van der Waals surface area contributed by atoms with Gasteiger partial charge in [-0.05, 0) is 69.9 Å². The van der Waals surface area contributed by atoms with Gasteiger partial charge in [-0.25, -0.2) is 28.8 Å². The number of halogens is 2. The smallest absolute Gasteiger partial charge is 0.410 e. The Hall–Kier alpha value is -4.32. The maximum atomic E-state index is 15.6. The van der Waals surface area contributed by atoms with Gasteiger partial charge in [-0.2, -0.15) is 5.10 Å². The van der Waals surface area contributed by atoms with Crippen molar-refractivity contribution in [3.63, 3.8) is 0 Å². The maximum absolute atomic E-state index is 15.6. The van der Waals surface area contributed by atoms with Gasteiger partial charge in [0.15, 0.2) is 5.65 Å². The van der Waals surface area contributed by atoms with Crippen LogP contribution >= 0.6 is 12.4 Å². The highest BCUT2D eigenvalue weighted by atomic mass is 35.5. The molecule has 3 atom stereocenters. The van der Waals surface area contributed by atoms with Crippen molar-refractivity contribution >= 4 is 47.1 Å². The molecule has 0 radical (unpaired) electrons. The minimum Gasteiger partial charge on any atom is -0.444 e. The number of nitrogens with one attached hydrogen (secondary N) is 1. The summed E-state index contributed by atoms with van der Waals surface area (Å²) in [5.41, 5.74) is 6.66. The molecule has 3 aromatic heterocycles. The molecule has 1 saturated carbocycles. The Bertz CT molecular complexity index is 1620. The molecule has 6 rings (SSSR count). The third kappa shape index (κ3) is 5.26. The molecule has 1 aromatic carbocycles. The number of nitrogens with two attached hydrogens (primary N) is 1. The summed E-state index contributed by atoms with van der Waals surface area (Å²) in [6, 6.07) is 8.94. The van der Waals surface area contributed by atoms with Crippen LogP contribution in [0.15, 0.2) is 48.9 Å². The lowest BCUT2D eigenvalue weighted by molar-refractivity contribution is 0.0135. The van der Waals surface area contributed by atoms with Crippen molar-refractivity contribution in [2.75, 3.05) is 17.6 Å². The van der Waals surface area contributed by atoms with Gasteiger partial charge in [0.2, 0.25) is 0 Å². The van der Waals surface area contributed by atoms with E-state index in [0.29, 0.717) is 23.4 Å². The number of pyridine rings is 1. The van der Waals surface area contributed by atoms with Crippen molar-refractivity contribution < 1.29 is 18.7 Å². The van der Waals surface area contributed by atoms with Crippen LogP contribution < -0.4 is 11.1 Å². The van der Waals surface area contributed by atoms with Crippen molar-refractivity contribution in [1.29, 1.82) is 0 Å². The molecule has 3 unspecified atom stereocenters. The number of aromatic nitrogens is 5. The Morgan fingerprint density at radius 3 is 2.56 bits per heavy atom. The van der Waals surface area contributed by atoms with Gasteiger partial charge in [-0.15, -0.1) is 12.4 Å². The molecule has 0 spiro atoms. The summed E-state index contributed by atoms with van der Waals surface area (Å²) in [5, 5.41) is 7.86. The van der Waals surface area contributed by atoms with E-state index >= 15 is 4.39 Å². The number of hydrogen-bond donors (Lipinski definition) is 2. The predicted molar refractivity (Wildman–Crippen MR) is 153 cm³/mol. The summed E-state index contributed by atoms with van der Waals surface area (Å²) >= 11 is 0. The second-order valence-corrected chi connectivity index (χ2v) is 11.2. The van der Waals surface area contributed by atoms with Gasteiger partial charge >= 0.3 is 6.09 Å². The molecular formula is C28H30ClFN8O3. The number of rotatable bonds is 4. The van der Waals surface area contributed by atoms with Gasteiger partial charge in [-0.3, -0.25) is 4.79 Å². The fourth-order valence-electron chi connectivity index (χ4n) is 5.67. The first-order valence-corrected chi connectivity index (χ1v) is 13.1. The molecule has 2 fully saturated rings. The highest BCUT2D eigenvalue weighted by Crippen LogP contribution is 2.46. The molecule has 4 aromatic rings. The number of amides is 2. The Kier molecular flexibility index (Phi) is 7.28. The molecular weight excluding hydrogens is 551 g/mol. The van der Waals surface area contributed by atoms with Gasteiger partial charge in [0, 0.05) is 23.9 Å². The number of fused-ring (bicyclic) bond motifs is 3. The average molecular weight is 581 g/mol. The van der Waals surface area contributed by atoms with Gasteiger partial charge in [0.25, 0.3) is 5.91 Å². The van der Waals surface area contributed by atoms with Crippen LogP contribution in [0.3, 0.4) is 0 Å². The summed E-state index contributed by atoms with van der Waals surface area (Å²) in [5.74, 6) is -0.329. The van der Waals surface area contributed by atoms with Crippen LogP contribution in [0.1, 0.15) is 50.0 Å². The predicted octanol–water partition coefficient (Wildman–Crippen LogP) is 4.85. The molecule has 214 valence electrons. The summed E-state index contributed by atoms with van der Waals surface area (Å²) in [4.78, 5) is 40.0. The largest absolute Gasteiger partial charge is 0.444 e. The lowest BCUT2D eigenvalue weighted by Gasteiger charge is -2.34. The zero-order valence-corrected chi connectivity index (χ0v) is 23.6. The van der Waals surface area contributed by atoms with E-state index in [1.165, 1.54) is 18.5 Å². The highest BCUT2D eigenvalue weighted by molar-refractivity contribution is 6.04. The molecule has 4 heterocycles. The van der Waals surface area contributed by atoms with E-state index in [1.54, 1.807) is 34.0 Å². The number of ether oxygens (including phenoxy) is 1. The molecule has 1 saturated heterocycles. The first-order valence-electron chi connectivity index (χ1n) is 13.1.